The van der Waals surface area contributed by atoms with Crippen LogP contribution in [0, 0.1) is 0 Å². The largest absolute Gasteiger partial charge is 0.494 e. The maximum atomic E-state index is 5.44. The van der Waals surface area contributed by atoms with Gasteiger partial charge in [-0.3, -0.25) is 0 Å². The molecule has 3 heteroatoms. The van der Waals surface area contributed by atoms with Crippen molar-refractivity contribution >= 4 is 0 Å². The van der Waals surface area contributed by atoms with Gasteiger partial charge in [0.1, 0.15) is 5.75 Å². The summed E-state index contributed by atoms with van der Waals surface area (Å²) in [6.45, 7) is 5.28. The number of rotatable bonds is 5. The molecule has 1 aliphatic heterocycles. The molecule has 3 nitrogen and oxygen atoms in total. The Morgan fingerprint density at radius 2 is 2.00 bits per heavy atom. The molecule has 1 aromatic rings. The predicted molar refractivity (Wildman–Crippen MR) is 64.0 cm³/mol. The Labute approximate surface area is 96.8 Å². The Morgan fingerprint density at radius 3 is 2.44 bits per heavy atom. The third kappa shape index (κ3) is 2.06. The first-order chi connectivity index (χ1) is 7.80. The lowest BCUT2D eigenvalue weighted by atomic mass is 9.78. The summed E-state index contributed by atoms with van der Waals surface area (Å²) in [5.41, 5.74) is 1.50. The van der Waals surface area contributed by atoms with E-state index in [0.717, 1.165) is 25.5 Å². The molecule has 0 aliphatic carbocycles. The van der Waals surface area contributed by atoms with Gasteiger partial charge in [-0.1, -0.05) is 12.1 Å². The van der Waals surface area contributed by atoms with E-state index < -0.39 is 0 Å². The molecule has 1 aromatic carbocycles. The van der Waals surface area contributed by atoms with Gasteiger partial charge in [-0.2, -0.15) is 0 Å². The fourth-order valence-corrected chi connectivity index (χ4v) is 2.13. The monoisotopic (exact) mass is 221 g/mol. The Balaban J connectivity index is 2.13. The van der Waals surface area contributed by atoms with E-state index in [-0.39, 0.29) is 5.41 Å². The highest BCUT2D eigenvalue weighted by molar-refractivity contribution is 5.34. The molecule has 0 amide bonds. The van der Waals surface area contributed by atoms with E-state index in [0.29, 0.717) is 6.61 Å². The van der Waals surface area contributed by atoms with Crippen molar-refractivity contribution in [3.63, 3.8) is 0 Å². The van der Waals surface area contributed by atoms with E-state index in [2.05, 4.69) is 17.4 Å². The normalized spacial score (nSPS) is 17.9. The Hall–Kier alpha value is -1.06. The first kappa shape index (κ1) is 11.4. The molecule has 1 aliphatic rings. The highest BCUT2D eigenvalue weighted by Crippen LogP contribution is 2.32. The first-order valence-electron chi connectivity index (χ1n) is 5.76. The highest BCUT2D eigenvalue weighted by Gasteiger charge is 2.39. The van der Waals surface area contributed by atoms with E-state index >= 15 is 0 Å². The molecule has 0 aromatic heterocycles. The van der Waals surface area contributed by atoms with Crippen molar-refractivity contribution in [2.24, 2.45) is 0 Å². The minimum Gasteiger partial charge on any atom is -0.494 e. The minimum atomic E-state index is 0.166. The number of hydrogen-bond acceptors (Lipinski definition) is 3. The molecule has 0 spiro atoms. The van der Waals surface area contributed by atoms with Gasteiger partial charge in [0, 0.05) is 6.54 Å². The Kier molecular flexibility index (Phi) is 3.46. The van der Waals surface area contributed by atoms with Gasteiger partial charge in [0.25, 0.3) is 0 Å². The van der Waals surface area contributed by atoms with E-state index in [9.17, 15) is 0 Å². The van der Waals surface area contributed by atoms with Crippen LogP contribution in [-0.4, -0.2) is 33.4 Å². The zero-order chi connectivity index (χ0) is 11.4. The van der Waals surface area contributed by atoms with Crippen LogP contribution in [0.15, 0.2) is 24.3 Å². The summed E-state index contributed by atoms with van der Waals surface area (Å²) in [5, 5.41) is 3.24. The molecule has 88 valence electrons. The zero-order valence-corrected chi connectivity index (χ0v) is 9.95. The van der Waals surface area contributed by atoms with Gasteiger partial charge >= 0.3 is 0 Å². The molecule has 0 bridgehead atoms. The second kappa shape index (κ2) is 4.85. The maximum Gasteiger partial charge on any atom is 0.119 e. The molecule has 2 rings (SSSR count). The highest BCUT2D eigenvalue weighted by atomic mass is 16.5. The maximum absolute atomic E-state index is 5.44. The van der Waals surface area contributed by atoms with Crippen LogP contribution in [0.2, 0.25) is 0 Å². The number of ether oxygens (including phenoxy) is 2. The molecule has 0 radical (unpaired) electrons. The van der Waals surface area contributed by atoms with Gasteiger partial charge in [-0.15, -0.1) is 0 Å². The van der Waals surface area contributed by atoms with E-state index in [1.54, 1.807) is 0 Å². The summed E-state index contributed by atoms with van der Waals surface area (Å²) in [4.78, 5) is 0. The zero-order valence-electron chi connectivity index (χ0n) is 9.95. The Morgan fingerprint density at radius 1 is 1.31 bits per heavy atom. The molecule has 1 fully saturated rings. The van der Waals surface area contributed by atoms with Crippen LogP contribution in [-0.2, 0) is 10.2 Å². The molecule has 0 saturated carbocycles. The summed E-state index contributed by atoms with van der Waals surface area (Å²) < 4.78 is 10.8. The fraction of sp³-hybridized carbons (Fsp3) is 0.538. The molecule has 1 N–H and O–H groups in total. The van der Waals surface area contributed by atoms with Gasteiger partial charge < -0.3 is 14.8 Å². The third-order valence-corrected chi connectivity index (χ3v) is 3.05. The lowest BCUT2D eigenvalue weighted by Crippen LogP contribution is -2.52. The average molecular weight is 221 g/mol. The lowest BCUT2D eigenvalue weighted by Gasteiger charge is -2.42. The second-order valence-corrected chi connectivity index (χ2v) is 4.26. The number of likely N-dealkylation sites (N-methyl/N-ethyl adjacent to an activating group) is 1. The quantitative estimate of drug-likeness (QED) is 0.818. The SMILES string of the molecule is CCOc1ccc(C2(CNC)COC2)cc1. The average Bonchev–Trinajstić information content (AvgIpc) is 2.25. The fourth-order valence-electron chi connectivity index (χ4n) is 2.13. The van der Waals surface area contributed by atoms with Crippen molar-refractivity contribution in [3.05, 3.63) is 29.8 Å². The van der Waals surface area contributed by atoms with Crippen molar-refractivity contribution < 1.29 is 9.47 Å². The number of hydrogen-bond donors (Lipinski definition) is 1. The van der Waals surface area contributed by atoms with E-state index in [1.165, 1.54) is 5.56 Å². The van der Waals surface area contributed by atoms with Crippen LogP contribution < -0.4 is 10.1 Å². The van der Waals surface area contributed by atoms with Gasteiger partial charge in [0.15, 0.2) is 0 Å². The standard InChI is InChI=1S/C13H19NO2/c1-3-16-12-6-4-11(5-7-12)13(8-14-2)9-15-10-13/h4-7,14H,3,8-10H2,1-2H3. The van der Waals surface area contributed by atoms with Crippen LogP contribution in [0.3, 0.4) is 0 Å². The summed E-state index contributed by atoms with van der Waals surface area (Å²) >= 11 is 0. The van der Waals surface area contributed by atoms with Crippen LogP contribution in [0.1, 0.15) is 12.5 Å². The van der Waals surface area contributed by atoms with Crippen molar-refractivity contribution in [3.8, 4) is 5.75 Å². The molecule has 16 heavy (non-hydrogen) atoms. The van der Waals surface area contributed by atoms with Crippen molar-refractivity contribution in [2.45, 2.75) is 12.3 Å². The summed E-state index contributed by atoms with van der Waals surface area (Å²) in [6, 6.07) is 8.36. The summed E-state index contributed by atoms with van der Waals surface area (Å²) in [6.07, 6.45) is 0. The third-order valence-electron chi connectivity index (χ3n) is 3.05. The minimum absolute atomic E-state index is 0.166. The van der Waals surface area contributed by atoms with Crippen molar-refractivity contribution in [1.29, 1.82) is 0 Å². The Bertz CT molecular complexity index is 330. The van der Waals surface area contributed by atoms with Gasteiger partial charge in [-0.25, -0.2) is 0 Å². The van der Waals surface area contributed by atoms with Crippen molar-refractivity contribution in [1.82, 2.24) is 5.32 Å². The van der Waals surface area contributed by atoms with Crippen LogP contribution >= 0.6 is 0 Å². The number of benzene rings is 1. The van der Waals surface area contributed by atoms with Crippen molar-refractivity contribution in [2.75, 3.05) is 33.4 Å². The second-order valence-electron chi connectivity index (χ2n) is 4.26. The number of nitrogens with one attached hydrogen (secondary N) is 1. The lowest BCUT2D eigenvalue weighted by molar-refractivity contribution is -0.0582. The molecule has 1 heterocycles. The summed E-state index contributed by atoms with van der Waals surface area (Å²) in [7, 11) is 1.98. The van der Waals surface area contributed by atoms with E-state index in [1.807, 2.05) is 26.1 Å². The smallest absolute Gasteiger partial charge is 0.119 e. The molecular weight excluding hydrogens is 202 g/mol. The molecule has 0 unspecified atom stereocenters. The molecule has 0 atom stereocenters. The van der Waals surface area contributed by atoms with Gasteiger partial charge in [0.05, 0.1) is 25.2 Å². The first-order valence-corrected chi connectivity index (χ1v) is 5.76. The van der Waals surface area contributed by atoms with Gasteiger partial charge in [0.2, 0.25) is 0 Å². The predicted octanol–water partition coefficient (Wildman–Crippen LogP) is 1.57. The van der Waals surface area contributed by atoms with Crippen LogP contribution in [0.25, 0.3) is 0 Å². The topological polar surface area (TPSA) is 30.5 Å². The van der Waals surface area contributed by atoms with Crippen LogP contribution in [0.5, 0.6) is 5.75 Å². The van der Waals surface area contributed by atoms with E-state index in [4.69, 9.17) is 9.47 Å². The van der Waals surface area contributed by atoms with Crippen LogP contribution in [0.4, 0.5) is 0 Å². The van der Waals surface area contributed by atoms with Gasteiger partial charge in [-0.05, 0) is 31.7 Å². The summed E-state index contributed by atoms with van der Waals surface area (Å²) in [5.74, 6) is 0.936. The molecule has 1 saturated heterocycles. The molecular formula is C13H19NO2.